The molecule has 0 amide bonds. The summed E-state index contributed by atoms with van der Waals surface area (Å²) in [6, 6.07) is 12.5. The highest BCUT2D eigenvalue weighted by atomic mass is 32.2. The first-order valence-corrected chi connectivity index (χ1v) is 9.22. The van der Waals surface area contributed by atoms with E-state index in [0.717, 1.165) is 22.0 Å². The lowest BCUT2D eigenvalue weighted by atomic mass is 10.1. The summed E-state index contributed by atoms with van der Waals surface area (Å²) in [7, 11) is -3.92. The highest BCUT2D eigenvalue weighted by Crippen LogP contribution is 2.20. The van der Waals surface area contributed by atoms with Crippen LogP contribution in [0.2, 0.25) is 0 Å². The van der Waals surface area contributed by atoms with Crippen LogP contribution in [0.15, 0.2) is 59.6 Å². The van der Waals surface area contributed by atoms with E-state index in [1.54, 1.807) is 18.3 Å². The lowest BCUT2D eigenvalue weighted by molar-refractivity contribution is -0.138. The van der Waals surface area contributed by atoms with Gasteiger partial charge in [0.05, 0.1) is 4.90 Å². The monoisotopic (exact) mass is 358 g/mol. The molecule has 3 aromatic rings. The fraction of sp³-hybridized carbons (Fsp3) is 0.167. The van der Waals surface area contributed by atoms with Crippen molar-refractivity contribution >= 4 is 26.9 Å². The molecule has 0 saturated carbocycles. The first kappa shape index (κ1) is 17.2. The van der Waals surface area contributed by atoms with E-state index in [0.29, 0.717) is 0 Å². The summed E-state index contributed by atoms with van der Waals surface area (Å²) in [5.74, 6) is -1.22. The van der Waals surface area contributed by atoms with E-state index < -0.39 is 22.0 Å². The Hall–Kier alpha value is -2.64. The predicted octanol–water partition coefficient (Wildman–Crippen LogP) is 2.45. The molecule has 0 saturated heterocycles. The van der Waals surface area contributed by atoms with Gasteiger partial charge in [0.1, 0.15) is 6.04 Å². The van der Waals surface area contributed by atoms with E-state index in [-0.39, 0.29) is 11.3 Å². The van der Waals surface area contributed by atoms with Gasteiger partial charge in [-0.3, -0.25) is 4.79 Å². The van der Waals surface area contributed by atoms with Crippen molar-refractivity contribution in [3.8, 4) is 0 Å². The van der Waals surface area contributed by atoms with E-state index in [1.807, 2.05) is 31.2 Å². The fourth-order valence-corrected chi connectivity index (χ4v) is 3.86. The van der Waals surface area contributed by atoms with Crippen LogP contribution in [0.1, 0.15) is 11.1 Å². The molecule has 0 aliphatic rings. The minimum Gasteiger partial charge on any atom is -0.480 e. The van der Waals surface area contributed by atoms with Crippen LogP contribution in [-0.4, -0.2) is 30.5 Å². The van der Waals surface area contributed by atoms with Gasteiger partial charge in [-0.25, -0.2) is 8.42 Å². The molecule has 0 aliphatic heterocycles. The maximum absolute atomic E-state index is 12.5. The molecule has 2 aromatic carbocycles. The molecule has 0 aliphatic carbocycles. The van der Waals surface area contributed by atoms with Gasteiger partial charge in [0.15, 0.2) is 0 Å². The van der Waals surface area contributed by atoms with Gasteiger partial charge < -0.3 is 10.1 Å². The number of nitrogens with one attached hydrogen (secondary N) is 2. The summed E-state index contributed by atoms with van der Waals surface area (Å²) in [6.45, 7) is 1.85. The molecule has 6 nitrogen and oxygen atoms in total. The molecule has 0 bridgehead atoms. The molecule has 0 radical (unpaired) electrons. The van der Waals surface area contributed by atoms with Crippen molar-refractivity contribution in [1.82, 2.24) is 9.71 Å². The van der Waals surface area contributed by atoms with E-state index in [4.69, 9.17) is 0 Å². The first-order chi connectivity index (χ1) is 11.9. The van der Waals surface area contributed by atoms with E-state index in [2.05, 4.69) is 9.71 Å². The molecule has 3 rings (SSSR count). The third-order valence-electron chi connectivity index (χ3n) is 4.03. The lowest BCUT2D eigenvalue weighted by Crippen LogP contribution is -2.42. The number of aliphatic carboxylic acids is 1. The smallest absolute Gasteiger partial charge is 0.322 e. The molecule has 130 valence electrons. The number of carboxylic acids is 1. The number of hydrogen-bond acceptors (Lipinski definition) is 3. The van der Waals surface area contributed by atoms with Crippen LogP contribution >= 0.6 is 0 Å². The number of sulfonamides is 1. The summed E-state index contributed by atoms with van der Waals surface area (Å²) in [5, 5.41) is 10.3. The summed E-state index contributed by atoms with van der Waals surface area (Å²) < 4.78 is 27.2. The normalized spacial score (nSPS) is 13.0. The van der Waals surface area contributed by atoms with E-state index >= 15 is 0 Å². The van der Waals surface area contributed by atoms with Crippen molar-refractivity contribution in [2.75, 3.05) is 0 Å². The van der Waals surface area contributed by atoms with Crippen LogP contribution in [0, 0.1) is 6.92 Å². The third kappa shape index (κ3) is 3.72. The maximum atomic E-state index is 12.5. The highest BCUT2D eigenvalue weighted by Gasteiger charge is 2.26. The van der Waals surface area contributed by atoms with E-state index in [1.165, 1.54) is 12.1 Å². The summed E-state index contributed by atoms with van der Waals surface area (Å²) >= 11 is 0. The number of carboxylic acid groups (broad SMARTS) is 1. The van der Waals surface area contributed by atoms with Crippen LogP contribution in [0.25, 0.3) is 10.9 Å². The first-order valence-electron chi connectivity index (χ1n) is 7.73. The largest absolute Gasteiger partial charge is 0.480 e. The average molecular weight is 358 g/mol. The van der Waals surface area contributed by atoms with Crippen molar-refractivity contribution in [3.63, 3.8) is 0 Å². The molecule has 1 aromatic heterocycles. The van der Waals surface area contributed by atoms with Crippen LogP contribution in [0.4, 0.5) is 0 Å². The van der Waals surface area contributed by atoms with Gasteiger partial charge in [-0.05, 0) is 30.7 Å². The maximum Gasteiger partial charge on any atom is 0.322 e. The number of aromatic nitrogens is 1. The zero-order chi connectivity index (χ0) is 18.0. The zero-order valence-corrected chi connectivity index (χ0v) is 14.4. The molecular formula is C18H18N2O4S. The Labute approximate surface area is 145 Å². The van der Waals surface area contributed by atoms with Gasteiger partial charge in [-0.2, -0.15) is 4.72 Å². The third-order valence-corrected chi connectivity index (χ3v) is 5.51. The van der Waals surface area contributed by atoms with Crippen LogP contribution in [0.3, 0.4) is 0 Å². The Morgan fingerprint density at radius 3 is 2.52 bits per heavy atom. The lowest BCUT2D eigenvalue weighted by Gasteiger charge is -2.14. The Bertz CT molecular complexity index is 1010. The predicted molar refractivity (Wildman–Crippen MR) is 94.9 cm³/mol. The molecule has 0 spiro atoms. The minimum atomic E-state index is -3.92. The number of hydrogen-bond donors (Lipinski definition) is 3. The second-order valence-electron chi connectivity index (χ2n) is 5.89. The Kier molecular flexibility index (Phi) is 4.61. The summed E-state index contributed by atoms with van der Waals surface area (Å²) in [6.07, 6.45) is 1.76. The molecule has 7 heteroatoms. The minimum absolute atomic E-state index is 0.0447. The van der Waals surface area contributed by atoms with Crippen molar-refractivity contribution < 1.29 is 18.3 Å². The number of benzene rings is 2. The van der Waals surface area contributed by atoms with Crippen molar-refractivity contribution in [1.29, 1.82) is 0 Å². The second kappa shape index (κ2) is 6.70. The second-order valence-corrected chi connectivity index (χ2v) is 7.60. The number of H-pyrrole nitrogens is 1. The van der Waals surface area contributed by atoms with Gasteiger partial charge in [0.2, 0.25) is 10.0 Å². The van der Waals surface area contributed by atoms with Crippen molar-refractivity contribution in [2.24, 2.45) is 0 Å². The average Bonchev–Trinajstić information content (AvgIpc) is 2.97. The fourth-order valence-electron chi connectivity index (χ4n) is 2.67. The van der Waals surface area contributed by atoms with Gasteiger partial charge >= 0.3 is 5.97 Å². The number of rotatable bonds is 6. The number of para-hydroxylation sites is 1. The van der Waals surface area contributed by atoms with Gasteiger partial charge in [0.25, 0.3) is 0 Å². The van der Waals surface area contributed by atoms with Crippen molar-refractivity contribution in [3.05, 3.63) is 65.9 Å². The number of aryl methyl sites for hydroxylation is 1. The topological polar surface area (TPSA) is 99.3 Å². The quantitative estimate of drug-likeness (QED) is 0.630. The molecular weight excluding hydrogens is 340 g/mol. The van der Waals surface area contributed by atoms with E-state index in [9.17, 15) is 18.3 Å². The number of carbonyl (C=O) groups is 1. The van der Waals surface area contributed by atoms with Crippen LogP contribution in [0.5, 0.6) is 0 Å². The molecule has 25 heavy (non-hydrogen) atoms. The van der Waals surface area contributed by atoms with Gasteiger partial charge in [-0.15, -0.1) is 0 Å². The molecule has 0 unspecified atom stereocenters. The van der Waals surface area contributed by atoms with Crippen LogP contribution < -0.4 is 4.72 Å². The van der Waals surface area contributed by atoms with Crippen molar-refractivity contribution in [2.45, 2.75) is 24.3 Å². The number of aromatic amines is 1. The number of fused-ring (bicyclic) bond motifs is 1. The van der Waals surface area contributed by atoms with Gasteiger partial charge in [-0.1, -0.05) is 35.9 Å². The molecule has 3 N–H and O–H groups in total. The zero-order valence-electron chi connectivity index (χ0n) is 13.6. The van der Waals surface area contributed by atoms with Crippen LogP contribution in [-0.2, 0) is 21.2 Å². The molecule has 0 fully saturated rings. The Morgan fingerprint density at radius 2 is 1.84 bits per heavy atom. The standard InChI is InChI=1S/C18H18N2O4S/c1-12-6-8-14(9-7-12)25(23,24)20-17(18(21)22)10-13-11-19-16-5-3-2-4-15(13)16/h2-9,11,17,19-20H,10H2,1H3,(H,21,22)/t17-/m0/s1. The molecule has 1 heterocycles. The summed E-state index contributed by atoms with van der Waals surface area (Å²) in [4.78, 5) is 14.7. The highest BCUT2D eigenvalue weighted by molar-refractivity contribution is 7.89. The molecule has 1 atom stereocenters. The summed E-state index contributed by atoms with van der Waals surface area (Å²) in [5.41, 5.74) is 2.55. The SMILES string of the molecule is Cc1ccc(S(=O)(=O)N[C@@H](Cc2c[nH]c3ccccc23)C(=O)O)cc1. The Balaban J connectivity index is 1.86. The Morgan fingerprint density at radius 1 is 1.16 bits per heavy atom. The van der Waals surface area contributed by atoms with Gasteiger partial charge in [0, 0.05) is 23.5 Å².